The van der Waals surface area contributed by atoms with E-state index in [0.29, 0.717) is 5.75 Å². The summed E-state index contributed by atoms with van der Waals surface area (Å²) in [7, 11) is 1.56. The number of halogens is 1. The van der Waals surface area contributed by atoms with E-state index < -0.39 is 23.6 Å². The molecular formula is C16H20FNO4. The highest BCUT2D eigenvalue weighted by molar-refractivity contribution is 5.89. The number of nitrogens with zero attached hydrogens (tertiary/aromatic N) is 1. The predicted molar refractivity (Wildman–Crippen MR) is 78.7 cm³/mol. The number of likely N-dealkylation sites (tertiary alicyclic amines) is 1. The van der Waals surface area contributed by atoms with E-state index in [1.807, 2.05) is 0 Å². The van der Waals surface area contributed by atoms with Gasteiger partial charge in [-0.05, 0) is 31.5 Å². The van der Waals surface area contributed by atoms with Gasteiger partial charge in [-0.15, -0.1) is 0 Å². The predicted octanol–water partition coefficient (Wildman–Crippen LogP) is 2.00. The Hall–Kier alpha value is -2.11. The lowest BCUT2D eigenvalue weighted by atomic mass is 9.83. The minimum absolute atomic E-state index is 0.112. The number of carboxylic acid groups (broad SMARTS) is 1. The fraction of sp³-hybridized carbons (Fsp3) is 0.500. The Bertz CT molecular complexity index is 584. The molecule has 120 valence electrons. The van der Waals surface area contributed by atoms with Crippen LogP contribution in [0.5, 0.6) is 5.75 Å². The summed E-state index contributed by atoms with van der Waals surface area (Å²) >= 11 is 0. The lowest BCUT2D eigenvalue weighted by Crippen LogP contribution is -2.45. The van der Waals surface area contributed by atoms with E-state index in [1.165, 1.54) is 4.90 Å². The average molecular weight is 309 g/mol. The first-order valence-corrected chi connectivity index (χ1v) is 7.07. The van der Waals surface area contributed by atoms with Crippen LogP contribution in [0, 0.1) is 0 Å². The zero-order chi connectivity index (χ0) is 16.5. The number of methoxy groups -OCH3 is 1. The molecule has 0 spiro atoms. The molecule has 1 N–H and O–H groups in total. The number of carboxylic acids is 1. The fourth-order valence-electron chi connectivity index (χ4n) is 2.65. The normalized spacial score (nSPS) is 21.7. The molecule has 1 aliphatic rings. The van der Waals surface area contributed by atoms with Gasteiger partial charge >= 0.3 is 5.97 Å². The Morgan fingerprint density at radius 2 is 1.91 bits per heavy atom. The summed E-state index contributed by atoms with van der Waals surface area (Å²) in [6.07, 6.45) is -0.174. The zero-order valence-corrected chi connectivity index (χ0v) is 12.9. The van der Waals surface area contributed by atoms with Crippen molar-refractivity contribution in [3.05, 3.63) is 29.8 Å². The minimum atomic E-state index is -2.34. The number of carbonyl (C=O) groups excluding carboxylic acids is 1. The van der Waals surface area contributed by atoms with Gasteiger partial charge in [0.15, 0.2) is 0 Å². The van der Waals surface area contributed by atoms with Crippen molar-refractivity contribution in [1.82, 2.24) is 4.90 Å². The van der Waals surface area contributed by atoms with Crippen LogP contribution in [0.25, 0.3) is 0 Å². The number of ether oxygens (including phenoxy) is 1. The summed E-state index contributed by atoms with van der Waals surface area (Å²) in [5, 5.41) is 8.92. The molecule has 0 radical (unpaired) electrons. The van der Waals surface area contributed by atoms with Crippen LogP contribution < -0.4 is 4.74 Å². The first kappa shape index (κ1) is 16.3. The summed E-state index contributed by atoms with van der Waals surface area (Å²) in [4.78, 5) is 24.9. The molecule has 1 amide bonds. The highest BCUT2D eigenvalue weighted by atomic mass is 19.1. The molecule has 1 aromatic carbocycles. The van der Waals surface area contributed by atoms with E-state index in [2.05, 4.69) is 0 Å². The highest BCUT2D eigenvalue weighted by Gasteiger charge is 2.49. The maximum atomic E-state index is 14.1. The van der Waals surface area contributed by atoms with Crippen LogP contribution in [0.2, 0.25) is 0 Å². The second kappa shape index (κ2) is 5.59. The first-order chi connectivity index (χ1) is 10.2. The second-order valence-corrected chi connectivity index (χ2v) is 6.10. The summed E-state index contributed by atoms with van der Waals surface area (Å²) in [6.45, 7) is 3.20. The second-order valence-electron chi connectivity index (χ2n) is 6.10. The zero-order valence-electron chi connectivity index (χ0n) is 12.9. The fourth-order valence-corrected chi connectivity index (χ4v) is 2.65. The molecule has 1 atom stereocenters. The molecule has 1 unspecified atom stereocenters. The number of aliphatic carboxylic acids is 1. The molecule has 0 saturated carbocycles. The van der Waals surface area contributed by atoms with Crippen LogP contribution in [0.4, 0.5) is 4.39 Å². The summed E-state index contributed by atoms with van der Waals surface area (Å²) in [5.41, 5.74) is -2.44. The van der Waals surface area contributed by atoms with Gasteiger partial charge < -0.3 is 14.7 Å². The maximum absolute atomic E-state index is 14.1. The van der Waals surface area contributed by atoms with Crippen LogP contribution in [0.3, 0.4) is 0 Å². The van der Waals surface area contributed by atoms with Gasteiger partial charge in [0.25, 0.3) is 0 Å². The average Bonchev–Trinajstić information content (AvgIpc) is 2.90. The van der Waals surface area contributed by atoms with E-state index in [0.717, 1.165) is 5.56 Å². The van der Waals surface area contributed by atoms with E-state index in [1.54, 1.807) is 45.2 Å². The van der Waals surface area contributed by atoms with Crippen LogP contribution in [-0.4, -0.2) is 47.8 Å². The Balaban J connectivity index is 2.18. The molecule has 1 heterocycles. The van der Waals surface area contributed by atoms with Crippen molar-refractivity contribution in [2.24, 2.45) is 0 Å². The topological polar surface area (TPSA) is 66.8 Å². The van der Waals surface area contributed by atoms with Gasteiger partial charge in [-0.25, -0.2) is 9.18 Å². The largest absolute Gasteiger partial charge is 0.497 e. The number of alkyl halides is 1. The molecule has 0 aromatic heterocycles. The third-order valence-electron chi connectivity index (χ3n) is 4.24. The van der Waals surface area contributed by atoms with Gasteiger partial charge in [-0.3, -0.25) is 4.79 Å². The SMILES string of the molecule is COc1ccc(C(C)(C)C(=O)N2CCC(F)(C(=O)O)C2)cc1. The van der Waals surface area contributed by atoms with Crippen LogP contribution in [-0.2, 0) is 15.0 Å². The van der Waals surface area contributed by atoms with E-state index >= 15 is 0 Å². The number of carbonyl (C=O) groups is 2. The lowest BCUT2D eigenvalue weighted by Gasteiger charge is -2.30. The number of benzene rings is 1. The summed E-state index contributed by atoms with van der Waals surface area (Å²) in [5.74, 6) is -1.11. The molecule has 0 bridgehead atoms. The molecular weight excluding hydrogens is 289 g/mol. The maximum Gasteiger partial charge on any atom is 0.343 e. The Labute approximate surface area is 128 Å². The minimum Gasteiger partial charge on any atom is -0.497 e. The summed E-state index contributed by atoms with van der Waals surface area (Å²) < 4.78 is 19.2. The van der Waals surface area contributed by atoms with Crippen molar-refractivity contribution in [3.63, 3.8) is 0 Å². The van der Waals surface area contributed by atoms with Gasteiger partial charge in [0.2, 0.25) is 11.6 Å². The van der Waals surface area contributed by atoms with Gasteiger partial charge in [0.05, 0.1) is 19.1 Å². The van der Waals surface area contributed by atoms with Crippen molar-refractivity contribution in [3.8, 4) is 5.75 Å². The number of rotatable bonds is 4. The Morgan fingerprint density at radius 3 is 2.36 bits per heavy atom. The quantitative estimate of drug-likeness (QED) is 0.924. The number of hydrogen-bond acceptors (Lipinski definition) is 3. The van der Waals surface area contributed by atoms with Crippen LogP contribution in [0.1, 0.15) is 25.8 Å². The molecule has 0 aliphatic carbocycles. The van der Waals surface area contributed by atoms with Crippen molar-refractivity contribution in [2.45, 2.75) is 31.4 Å². The standard InChI is InChI=1S/C16H20FNO4/c1-15(2,11-4-6-12(22-3)7-5-11)13(19)18-9-8-16(17,10-18)14(20)21/h4-7H,8-10H2,1-3H3,(H,20,21). The van der Waals surface area contributed by atoms with Crippen molar-refractivity contribution in [2.75, 3.05) is 20.2 Å². The van der Waals surface area contributed by atoms with Crippen LogP contribution >= 0.6 is 0 Å². The monoisotopic (exact) mass is 309 g/mol. The summed E-state index contributed by atoms with van der Waals surface area (Å²) in [6, 6.07) is 7.08. The molecule has 1 aromatic rings. The third kappa shape index (κ3) is 2.77. The van der Waals surface area contributed by atoms with E-state index in [4.69, 9.17) is 9.84 Å². The van der Waals surface area contributed by atoms with Crippen molar-refractivity contribution < 1.29 is 23.8 Å². The Morgan fingerprint density at radius 1 is 1.32 bits per heavy atom. The molecule has 5 nitrogen and oxygen atoms in total. The van der Waals surface area contributed by atoms with Gasteiger partial charge in [0.1, 0.15) is 5.75 Å². The van der Waals surface area contributed by atoms with Crippen molar-refractivity contribution >= 4 is 11.9 Å². The van der Waals surface area contributed by atoms with Gasteiger partial charge in [-0.1, -0.05) is 12.1 Å². The van der Waals surface area contributed by atoms with Gasteiger partial charge in [0, 0.05) is 13.0 Å². The van der Waals surface area contributed by atoms with Crippen LogP contribution in [0.15, 0.2) is 24.3 Å². The third-order valence-corrected chi connectivity index (χ3v) is 4.24. The Kier molecular flexibility index (Phi) is 4.13. The van der Waals surface area contributed by atoms with E-state index in [-0.39, 0.29) is 18.9 Å². The number of hydrogen-bond donors (Lipinski definition) is 1. The first-order valence-electron chi connectivity index (χ1n) is 7.07. The molecule has 1 saturated heterocycles. The smallest absolute Gasteiger partial charge is 0.343 e. The van der Waals surface area contributed by atoms with Crippen molar-refractivity contribution in [1.29, 1.82) is 0 Å². The number of amides is 1. The van der Waals surface area contributed by atoms with E-state index in [9.17, 15) is 14.0 Å². The van der Waals surface area contributed by atoms with Gasteiger partial charge in [-0.2, -0.15) is 0 Å². The molecule has 6 heteroatoms. The molecule has 1 fully saturated rings. The molecule has 2 rings (SSSR count). The molecule has 1 aliphatic heterocycles. The highest BCUT2D eigenvalue weighted by Crippen LogP contribution is 2.32. The molecule has 22 heavy (non-hydrogen) atoms. The lowest BCUT2D eigenvalue weighted by molar-refractivity contribution is -0.150.